The quantitative estimate of drug-likeness (QED) is 0.391. The Morgan fingerprint density at radius 2 is 1.93 bits per heavy atom. The number of benzene rings is 1. The summed E-state index contributed by atoms with van der Waals surface area (Å²) in [7, 11) is 1.61. The lowest BCUT2D eigenvalue weighted by Crippen LogP contribution is -2.58. The normalized spacial score (nSPS) is 18.9. The molecular weight excluding hydrogens is 388 g/mol. The lowest BCUT2D eigenvalue weighted by molar-refractivity contribution is -0.384. The Balaban J connectivity index is 1.62. The van der Waals surface area contributed by atoms with Gasteiger partial charge in [0.25, 0.3) is 11.6 Å². The molecule has 0 spiro atoms. The summed E-state index contributed by atoms with van der Waals surface area (Å²) in [4.78, 5) is 40.1. The standard InChI is InChI=1S/C21H30N4O5/c1-30-14-9-22-20(26)19(16-5-2-3-6-16)23-10-12-24(13-11-23)21(27)17-7-4-8-18(15-17)25(28)29/h4,7-8,15-16,19H,2-3,5-6,9-14H2,1H3,(H,22,26)/t19-/m1/s1. The third kappa shape index (κ3) is 5.34. The average molecular weight is 418 g/mol. The van der Waals surface area contributed by atoms with Crippen molar-refractivity contribution in [1.82, 2.24) is 15.1 Å². The van der Waals surface area contributed by atoms with Crippen molar-refractivity contribution in [2.24, 2.45) is 5.92 Å². The van der Waals surface area contributed by atoms with Crippen molar-refractivity contribution < 1.29 is 19.2 Å². The highest BCUT2D eigenvalue weighted by molar-refractivity contribution is 5.95. The lowest BCUT2D eigenvalue weighted by Gasteiger charge is -2.40. The molecule has 2 aliphatic rings. The topological polar surface area (TPSA) is 105 Å². The van der Waals surface area contributed by atoms with Crippen molar-refractivity contribution in [1.29, 1.82) is 0 Å². The van der Waals surface area contributed by atoms with E-state index >= 15 is 0 Å². The van der Waals surface area contributed by atoms with Gasteiger partial charge in [0.05, 0.1) is 17.6 Å². The summed E-state index contributed by atoms with van der Waals surface area (Å²) in [5.74, 6) is 0.171. The summed E-state index contributed by atoms with van der Waals surface area (Å²) >= 11 is 0. The van der Waals surface area contributed by atoms with Gasteiger partial charge in [-0.05, 0) is 24.8 Å². The summed E-state index contributed by atoms with van der Waals surface area (Å²) in [6.07, 6.45) is 4.40. The fourth-order valence-electron chi connectivity index (χ4n) is 4.47. The van der Waals surface area contributed by atoms with Crippen LogP contribution in [0.5, 0.6) is 0 Å². The van der Waals surface area contributed by atoms with Crippen molar-refractivity contribution in [2.75, 3.05) is 46.4 Å². The van der Waals surface area contributed by atoms with E-state index in [4.69, 9.17) is 4.74 Å². The first kappa shape index (κ1) is 22.2. The molecule has 2 amide bonds. The fraction of sp³-hybridized carbons (Fsp3) is 0.619. The first-order valence-corrected chi connectivity index (χ1v) is 10.6. The predicted octanol–water partition coefficient (Wildman–Crippen LogP) is 1.67. The zero-order valence-corrected chi connectivity index (χ0v) is 17.4. The second kappa shape index (κ2) is 10.5. The smallest absolute Gasteiger partial charge is 0.270 e. The van der Waals surface area contributed by atoms with E-state index in [1.54, 1.807) is 18.1 Å². The van der Waals surface area contributed by atoms with Gasteiger partial charge in [-0.25, -0.2) is 0 Å². The monoisotopic (exact) mass is 418 g/mol. The summed E-state index contributed by atoms with van der Waals surface area (Å²) < 4.78 is 5.03. The van der Waals surface area contributed by atoms with Crippen LogP contribution in [0.1, 0.15) is 36.0 Å². The minimum atomic E-state index is -0.497. The zero-order chi connectivity index (χ0) is 21.5. The molecule has 164 valence electrons. The molecular formula is C21H30N4O5. The first-order valence-electron chi connectivity index (χ1n) is 10.6. The van der Waals surface area contributed by atoms with Crippen molar-refractivity contribution >= 4 is 17.5 Å². The van der Waals surface area contributed by atoms with Gasteiger partial charge in [0, 0.05) is 57.5 Å². The van der Waals surface area contributed by atoms with E-state index in [-0.39, 0.29) is 23.5 Å². The van der Waals surface area contributed by atoms with Gasteiger partial charge in [-0.3, -0.25) is 24.6 Å². The van der Waals surface area contributed by atoms with Crippen LogP contribution in [0.4, 0.5) is 5.69 Å². The van der Waals surface area contributed by atoms with Gasteiger partial charge < -0.3 is 15.0 Å². The molecule has 1 saturated carbocycles. The molecule has 0 radical (unpaired) electrons. The minimum Gasteiger partial charge on any atom is -0.383 e. The molecule has 9 nitrogen and oxygen atoms in total. The van der Waals surface area contributed by atoms with Crippen molar-refractivity contribution in [3.8, 4) is 0 Å². The second-order valence-corrected chi connectivity index (χ2v) is 7.91. The number of nitrogens with zero attached hydrogens (tertiary/aromatic N) is 3. The molecule has 2 fully saturated rings. The first-order chi connectivity index (χ1) is 14.5. The van der Waals surface area contributed by atoms with Gasteiger partial charge in [0.1, 0.15) is 0 Å². The molecule has 3 rings (SSSR count). The number of hydrogen-bond acceptors (Lipinski definition) is 6. The number of ether oxygens (including phenoxy) is 1. The second-order valence-electron chi connectivity index (χ2n) is 7.91. The molecule has 1 heterocycles. The van der Waals surface area contributed by atoms with E-state index in [1.165, 1.54) is 18.2 Å². The maximum atomic E-state index is 12.9. The predicted molar refractivity (Wildman–Crippen MR) is 111 cm³/mol. The number of nitro benzene ring substituents is 1. The van der Waals surface area contributed by atoms with Gasteiger partial charge in [0.2, 0.25) is 5.91 Å². The highest BCUT2D eigenvalue weighted by Crippen LogP contribution is 2.31. The number of carbonyl (C=O) groups is 2. The number of nitro groups is 1. The molecule has 1 N–H and O–H groups in total. The maximum Gasteiger partial charge on any atom is 0.270 e. The van der Waals surface area contributed by atoms with Crippen molar-refractivity contribution in [2.45, 2.75) is 31.7 Å². The molecule has 0 bridgehead atoms. The van der Waals surface area contributed by atoms with Crippen LogP contribution in [-0.2, 0) is 9.53 Å². The molecule has 1 atom stereocenters. The van der Waals surface area contributed by atoms with E-state index < -0.39 is 4.92 Å². The number of nitrogens with one attached hydrogen (secondary N) is 1. The van der Waals surface area contributed by atoms with Crippen LogP contribution in [0.15, 0.2) is 24.3 Å². The Hall–Kier alpha value is -2.52. The molecule has 0 unspecified atom stereocenters. The zero-order valence-electron chi connectivity index (χ0n) is 17.4. The number of amides is 2. The van der Waals surface area contributed by atoms with Gasteiger partial charge in [-0.2, -0.15) is 0 Å². The number of non-ortho nitro benzene ring substituents is 1. The van der Waals surface area contributed by atoms with Crippen LogP contribution in [0, 0.1) is 16.0 Å². The SMILES string of the molecule is COCCNC(=O)[C@@H](C1CCCC1)N1CCN(C(=O)c2cccc([N+](=O)[O-])c2)CC1. The Kier molecular flexibility index (Phi) is 7.75. The Bertz CT molecular complexity index is 758. The summed E-state index contributed by atoms with van der Waals surface area (Å²) in [5, 5.41) is 14.0. The Morgan fingerprint density at radius 3 is 2.57 bits per heavy atom. The van der Waals surface area contributed by atoms with Gasteiger partial charge >= 0.3 is 0 Å². The molecule has 9 heteroatoms. The molecule has 1 aromatic carbocycles. The Morgan fingerprint density at radius 1 is 1.23 bits per heavy atom. The van der Waals surface area contributed by atoms with Gasteiger partial charge in [-0.1, -0.05) is 18.9 Å². The number of piperazine rings is 1. The van der Waals surface area contributed by atoms with Crippen LogP contribution in [0.3, 0.4) is 0 Å². The molecule has 30 heavy (non-hydrogen) atoms. The summed E-state index contributed by atoms with van der Waals surface area (Å²) in [5.41, 5.74) is 0.232. The summed E-state index contributed by atoms with van der Waals surface area (Å²) in [6.45, 7) is 3.18. The molecule has 0 aromatic heterocycles. The van der Waals surface area contributed by atoms with E-state index in [0.29, 0.717) is 50.8 Å². The molecule has 1 aliphatic heterocycles. The number of methoxy groups -OCH3 is 1. The maximum absolute atomic E-state index is 12.9. The van der Waals surface area contributed by atoms with E-state index in [2.05, 4.69) is 10.2 Å². The van der Waals surface area contributed by atoms with Crippen LogP contribution < -0.4 is 5.32 Å². The third-order valence-corrected chi connectivity index (χ3v) is 6.02. The average Bonchev–Trinajstić information content (AvgIpc) is 3.28. The largest absolute Gasteiger partial charge is 0.383 e. The Labute approximate surface area is 176 Å². The minimum absolute atomic E-state index is 0.0393. The van der Waals surface area contributed by atoms with Crippen LogP contribution in [0.25, 0.3) is 0 Å². The highest BCUT2D eigenvalue weighted by Gasteiger charge is 2.37. The van der Waals surface area contributed by atoms with Crippen molar-refractivity contribution in [3.05, 3.63) is 39.9 Å². The molecule has 1 aromatic rings. The number of hydrogen-bond donors (Lipinski definition) is 1. The highest BCUT2D eigenvalue weighted by atomic mass is 16.6. The number of rotatable bonds is 8. The molecule has 1 aliphatic carbocycles. The van der Waals surface area contributed by atoms with Gasteiger partial charge in [-0.15, -0.1) is 0 Å². The van der Waals surface area contributed by atoms with E-state index in [0.717, 1.165) is 25.7 Å². The van der Waals surface area contributed by atoms with E-state index in [1.807, 2.05) is 0 Å². The van der Waals surface area contributed by atoms with Crippen LogP contribution in [-0.4, -0.2) is 79.0 Å². The lowest BCUT2D eigenvalue weighted by atomic mass is 9.95. The van der Waals surface area contributed by atoms with Crippen LogP contribution >= 0.6 is 0 Å². The molecule has 1 saturated heterocycles. The van der Waals surface area contributed by atoms with Crippen molar-refractivity contribution in [3.63, 3.8) is 0 Å². The number of carbonyl (C=O) groups excluding carboxylic acids is 2. The fourth-order valence-corrected chi connectivity index (χ4v) is 4.47. The van der Waals surface area contributed by atoms with Crippen LogP contribution in [0.2, 0.25) is 0 Å². The summed E-state index contributed by atoms with van der Waals surface area (Å²) in [6, 6.07) is 5.65. The van der Waals surface area contributed by atoms with E-state index in [9.17, 15) is 19.7 Å². The third-order valence-electron chi connectivity index (χ3n) is 6.02. The van der Waals surface area contributed by atoms with Gasteiger partial charge in [0.15, 0.2) is 0 Å².